The summed E-state index contributed by atoms with van der Waals surface area (Å²) < 4.78 is 12.6. The maximum absolute atomic E-state index is 8.93. The predicted octanol–water partition coefficient (Wildman–Crippen LogP) is 5.86. The Balaban J connectivity index is 1.81. The van der Waals surface area contributed by atoms with Crippen molar-refractivity contribution in [2.24, 2.45) is 0 Å². The lowest BCUT2D eigenvalue weighted by Gasteiger charge is -2.18. The van der Waals surface area contributed by atoms with Crippen LogP contribution in [0, 0.1) is 0 Å². The second-order valence-corrected chi connectivity index (χ2v) is 7.72. The van der Waals surface area contributed by atoms with Gasteiger partial charge >= 0.3 is 0 Å². The van der Waals surface area contributed by atoms with E-state index in [4.69, 9.17) is 19.7 Å². The van der Waals surface area contributed by atoms with Gasteiger partial charge in [-0.25, -0.2) is 0 Å². The minimum absolute atomic E-state index is 0.263. The van der Waals surface area contributed by atoms with E-state index in [2.05, 4.69) is 24.3 Å². The molecule has 0 aromatic heterocycles. The molecule has 3 aromatic rings. The highest BCUT2D eigenvalue weighted by atomic mass is 16.5. The highest BCUT2D eigenvalue weighted by Gasteiger charge is 2.15. The molecule has 0 aliphatic heterocycles. The van der Waals surface area contributed by atoms with Crippen molar-refractivity contribution < 1.29 is 19.7 Å². The Morgan fingerprint density at radius 1 is 0.467 bits per heavy atom. The number of ether oxygens (including phenoxy) is 2. The van der Waals surface area contributed by atoms with Crippen LogP contribution in [0.15, 0.2) is 48.5 Å². The van der Waals surface area contributed by atoms with E-state index in [1.165, 1.54) is 0 Å². The number of unbranched alkanes of at least 4 members (excludes halogenated alkanes) is 6. The summed E-state index contributed by atoms with van der Waals surface area (Å²) in [7, 11) is 0. The zero-order chi connectivity index (χ0) is 21.0. The zero-order valence-corrected chi connectivity index (χ0v) is 17.8. The summed E-state index contributed by atoms with van der Waals surface area (Å²) in [6, 6.07) is 16.6. The third kappa shape index (κ3) is 5.87. The van der Waals surface area contributed by atoms with Gasteiger partial charge in [0, 0.05) is 34.8 Å². The molecule has 0 saturated heterocycles. The van der Waals surface area contributed by atoms with E-state index >= 15 is 0 Å². The number of aliphatic hydroxyl groups excluding tert-OH is 2. The zero-order valence-electron chi connectivity index (χ0n) is 17.8. The number of fused-ring (bicyclic) bond motifs is 2. The molecule has 3 aromatic carbocycles. The van der Waals surface area contributed by atoms with Crippen LogP contribution >= 0.6 is 0 Å². The third-order valence-electron chi connectivity index (χ3n) is 5.43. The maximum atomic E-state index is 8.93. The van der Waals surface area contributed by atoms with Crippen molar-refractivity contribution in [3.63, 3.8) is 0 Å². The smallest absolute Gasteiger partial charge is 0.135 e. The van der Waals surface area contributed by atoms with Crippen LogP contribution in [-0.4, -0.2) is 36.6 Å². The molecule has 0 heterocycles. The minimum Gasteiger partial charge on any atom is -0.492 e. The van der Waals surface area contributed by atoms with Crippen molar-refractivity contribution in [2.75, 3.05) is 26.4 Å². The van der Waals surface area contributed by atoms with Gasteiger partial charge in [0.15, 0.2) is 0 Å². The van der Waals surface area contributed by atoms with Gasteiger partial charge in [0.05, 0.1) is 13.2 Å². The van der Waals surface area contributed by atoms with Crippen LogP contribution in [0.4, 0.5) is 0 Å². The standard InChI is InChI=1S/C26H34O4/c27-17-9-1-3-11-19-29-25-21-13-5-7-15-23(21)26(24-16-8-6-14-22(24)25)30-20-12-4-2-10-18-28/h5-8,13-16,27-28H,1-4,9-12,17-20H2. The first-order chi connectivity index (χ1) is 14.9. The molecule has 30 heavy (non-hydrogen) atoms. The van der Waals surface area contributed by atoms with E-state index in [9.17, 15) is 0 Å². The molecule has 0 aliphatic rings. The molecule has 0 saturated carbocycles. The summed E-state index contributed by atoms with van der Waals surface area (Å²) >= 11 is 0. The Morgan fingerprint density at radius 2 is 0.800 bits per heavy atom. The lowest BCUT2D eigenvalue weighted by atomic mass is 10.0. The normalized spacial score (nSPS) is 11.3. The van der Waals surface area contributed by atoms with Crippen LogP contribution in [0.3, 0.4) is 0 Å². The van der Waals surface area contributed by atoms with Gasteiger partial charge in [-0.3, -0.25) is 0 Å². The highest BCUT2D eigenvalue weighted by Crippen LogP contribution is 2.42. The summed E-state index contributed by atoms with van der Waals surface area (Å²) in [6.45, 7) is 1.87. The van der Waals surface area contributed by atoms with Crippen molar-refractivity contribution in [1.82, 2.24) is 0 Å². The summed E-state index contributed by atoms with van der Waals surface area (Å²) in [4.78, 5) is 0. The molecule has 0 spiro atoms. The Kier molecular flexibility index (Phi) is 9.26. The van der Waals surface area contributed by atoms with Crippen molar-refractivity contribution in [3.05, 3.63) is 48.5 Å². The molecule has 0 radical (unpaired) electrons. The van der Waals surface area contributed by atoms with Gasteiger partial charge < -0.3 is 19.7 Å². The molecule has 4 nitrogen and oxygen atoms in total. The van der Waals surface area contributed by atoms with Gasteiger partial charge in [0.1, 0.15) is 11.5 Å². The first-order valence-corrected chi connectivity index (χ1v) is 11.3. The van der Waals surface area contributed by atoms with E-state index in [1.807, 2.05) is 24.3 Å². The van der Waals surface area contributed by atoms with Crippen LogP contribution in [0.2, 0.25) is 0 Å². The topological polar surface area (TPSA) is 58.9 Å². The largest absolute Gasteiger partial charge is 0.492 e. The molecule has 0 fully saturated rings. The molecule has 162 valence electrons. The number of rotatable bonds is 14. The first kappa shape index (κ1) is 22.4. The monoisotopic (exact) mass is 410 g/mol. The summed E-state index contributed by atoms with van der Waals surface area (Å²) in [6.07, 6.45) is 7.87. The molecule has 0 atom stereocenters. The van der Waals surface area contributed by atoms with Gasteiger partial charge in [0.25, 0.3) is 0 Å². The van der Waals surface area contributed by atoms with Crippen molar-refractivity contribution in [2.45, 2.75) is 51.4 Å². The van der Waals surface area contributed by atoms with E-state index < -0.39 is 0 Å². The van der Waals surface area contributed by atoms with E-state index in [0.29, 0.717) is 13.2 Å². The quantitative estimate of drug-likeness (QED) is 0.258. The van der Waals surface area contributed by atoms with E-state index in [0.717, 1.165) is 84.4 Å². The Labute approximate surface area is 179 Å². The number of benzene rings is 3. The van der Waals surface area contributed by atoms with E-state index in [1.54, 1.807) is 0 Å². The van der Waals surface area contributed by atoms with Gasteiger partial charge in [-0.1, -0.05) is 61.4 Å². The highest BCUT2D eigenvalue weighted by molar-refractivity contribution is 6.11. The third-order valence-corrected chi connectivity index (χ3v) is 5.43. The molecule has 4 heteroatoms. The molecule has 0 amide bonds. The van der Waals surface area contributed by atoms with Gasteiger partial charge in [-0.2, -0.15) is 0 Å². The van der Waals surface area contributed by atoms with Crippen LogP contribution in [0.25, 0.3) is 21.5 Å². The number of aliphatic hydroxyl groups is 2. The fourth-order valence-corrected chi connectivity index (χ4v) is 3.84. The fraction of sp³-hybridized carbons (Fsp3) is 0.462. The molecular formula is C26H34O4. The van der Waals surface area contributed by atoms with Crippen LogP contribution in [0.5, 0.6) is 11.5 Å². The molecule has 0 unspecified atom stereocenters. The predicted molar refractivity (Wildman–Crippen MR) is 124 cm³/mol. The molecule has 0 bridgehead atoms. The second kappa shape index (κ2) is 12.4. The van der Waals surface area contributed by atoms with Gasteiger partial charge in [0.2, 0.25) is 0 Å². The van der Waals surface area contributed by atoms with E-state index in [-0.39, 0.29) is 13.2 Å². The minimum atomic E-state index is 0.263. The maximum Gasteiger partial charge on any atom is 0.135 e. The second-order valence-electron chi connectivity index (χ2n) is 7.72. The summed E-state index contributed by atoms with van der Waals surface area (Å²) in [5.74, 6) is 1.86. The number of hydrogen-bond acceptors (Lipinski definition) is 4. The average molecular weight is 411 g/mol. The van der Waals surface area contributed by atoms with Crippen molar-refractivity contribution in [1.29, 1.82) is 0 Å². The molecule has 3 rings (SSSR count). The lowest BCUT2D eigenvalue weighted by Crippen LogP contribution is -2.02. The van der Waals surface area contributed by atoms with Crippen LogP contribution in [0.1, 0.15) is 51.4 Å². The SMILES string of the molecule is OCCCCCCOc1c2ccccc2c(OCCCCCCO)c2ccccc12. The Hall–Kier alpha value is -2.30. The summed E-state index contributed by atoms with van der Waals surface area (Å²) in [5, 5.41) is 22.2. The lowest BCUT2D eigenvalue weighted by molar-refractivity contribution is 0.274. The van der Waals surface area contributed by atoms with Gasteiger partial charge in [-0.05, 0) is 38.5 Å². The molecular weight excluding hydrogens is 376 g/mol. The fourth-order valence-electron chi connectivity index (χ4n) is 3.84. The van der Waals surface area contributed by atoms with Crippen molar-refractivity contribution >= 4 is 21.5 Å². The Bertz CT molecular complexity index is 775. The van der Waals surface area contributed by atoms with Crippen LogP contribution in [-0.2, 0) is 0 Å². The molecule has 0 aliphatic carbocycles. The molecule has 2 N–H and O–H groups in total. The van der Waals surface area contributed by atoms with Crippen LogP contribution < -0.4 is 9.47 Å². The number of hydrogen-bond donors (Lipinski definition) is 2. The first-order valence-electron chi connectivity index (χ1n) is 11.3. The Morgan fingerprint density at radius 3 is 1.13 bits per heavy atom. The summed E-state index contributed by atoms with van der Waals surface area (Å²) in [5.41, 5.74) is 0. The van der Waals surface area contributed by atoms with Gasteiger partial charge in [-0.15, -0.1) is 0 Å². The average Bonchev–Trinajstić information content (AvgIpc) is 2.79. The van der Waals surface area contributed by atoms with Crippen molar-refractivity contribution in [3.8, 4) is 11.5 Å².